The first-order valence-electron chi connectivity index (χ1n) is 5.54. The van der Waals surface area contributed by atoms with Gasteiger partial charge < -0.3 is 5.11 Å². The van der Waals surface area contributed by atoms with Crippen LogP contribution in [-0.4, -0.2) is 11.2 Å². The summed E-state index contributed by atoms with van der Waals surface area (Å²) in [4.78, 5) is 0. The molecule has 0 spiro atoms. The van der Waals surface area contributed by atoms with Crippen molar-refractivity contribution in [3.63, 3.8) is 0 Å². The average Bonchev–Trinajstić information content (AvgIpc) is 2.24. The molecule has 0 radical (unpaired) electrons. The molecule has 15 heavy (non-hydrogen) atoms. The van der Waals surface area contributed by atoms with E-state index in [0.29, 0.717) is 0 Å². The maximum absolute atomic E-state index is 12.8. The van der Waals surface area contributed by atoms with E-state index in [-0.39, 0.29) is 17.3 Å². The zero-order valence-electron chi connectivity index (χ0n) is 9.04. The molecule has 1 saturated carbocycles. The summed E-state index contributed by atoms with van der Waals surface area (Å²) in [7, 11) is 0. The molecule has 1 aromatic rings. The summed E-state index contributed by atoms with van der Waals surface area (Å²) in [5.41, 5.74) is 1.31. The molecule has 2 heteroatoms. The van der Waals surface area contributed by atoms with E-state index >= 15 is 0 Å². The molecule has 1 nitrogen and oxygen atoms in total. The summed E-state index contributed by atoms with van der Waals surface area (Å²) in [6.45, 7) is 2.20. The van der Waals surface area contributed by atoms with Crippen molar-refractivity contribution < 1.29 is 9.50 Å². The van der Waals surface area contributed by atoms with Crippen molar-refractivity contribution in [3.8, 4) is 0 Å². The van der Waals surface area contributed by atoms with Crippen molar-refractivity contribution in [1.29, 1.82) is 0 Å². The molecule has 1 aliphatic rings. The van der Waals surface area contributed by atoms with Gasteiger partial charge in [0.2, 0.25) is 0 Å². The van der Waals surface area contributed by atoms with Gasteiger partial charge in [0.15, 0.2) is 0 Å². The molecule has 82 valence electrons. The summed E-state index contributed by atoms with van der Waals surface area (Å²) in [6.07, 6.45) is 3.54. The van der Waals surface area contributed by atoms with Gasteiger partial charge in [0.05, 0.1) is 6.10 Å². The number of halogens is 1. The van der Waals surface area contributed by atoms with Crippen LogP contribution in [0.2, 0.25) is 0 Å². The van der Waals surface area contributed by atoms with Gasteiger partial charge in [-0.3, -0.25) is 0 Å². The first kappa shape index (κ1) is 10.6. The lowest BCUT2D eigenvalue weighted by molar-refractivity contribution is 0.100. The summed E-state index contributed by atoms with van der Waals surface area (Å²) >= 11 is 0. The van der Waals surface area contributed by atoms with E-state index in [4.69, 9.17) is 0 Å². The molecule has 0 saturated heterocycles. The molecular formula is C13H17FO. The molecule has 1 aromatic carbocycles. The van der Waals surface area contributed by atoms with Crippen molar-refractivity contribution in [2.24, 2.45) is 0 Å². The molecule has 1 aliphatic carbocycles. The summed E-state index contributed by atoms with van der Waals surface area (Å²) in [6, 6.07) is 6.78. The molecule has 1 N–H and O–H groups in total. The molecule has 0 bridgehead atoms. The van der Waals surface area contributed by atoms with Crippen LogP contribution < -0.4 is 0 Å². The molecule has 2 rings (SSSR count). The Morgan fingerprint density at radius 3 is 2.27 bits per heavy atom. The highest BCUT2D eigenvalue weighted by Crippen LogP contribution is 2.38. The fourth-order valence-electron chi connectivity index (χ4n) is 2.38. The number of hydrogen-bond acceptors (Lipinski definition) is 1. The van der Waals surface area contributed by atoms with Crippen molar-refractivity contribution in [3.05, 3.63) is 35.6 Å². The van der Waals surface area contributed by atoms with Gasteiger partial charge in [-0.05, 0) is 48.8 Å². The third-order valence-electron chi connectivity index (χ3n) is 3.60. The van der Waals surface area contributed by atoms with Crippen LogP contribution >= 0.6 is 0 Å². The number of benzene rings is 1. The van der Waals surface area contributed by atoms with Gasteiger partial charge >= 0.3 is 0 Å². The summed E-state index contributed by atoms with van der Waals surface area (Å²) in [5.74, 6) is -0.182. The van der Waals surface area contributed by atoms with E-state index in [0.717, 1.165) is 25.7 Å². The number of aliphatic hydroxyl groups is 1. The van der Waals surface area contributed by atoms with E-state index in [1.807, 2.05) is 12.1 Å². The molecule has 0 amide bonds. The molecule has 0 aromatic heterocycles. The van der Waals surface area contributed by atoms with Crippen molar-refractivity contribution in [2.45, 2.75) is 44.1 Å². The van der Waals surface area contributed by atoms with Crippen LogP contribution in [-0.2, 0) is 5.41 Å². The maximum Gasteiger partial charge on any atom is 0.123 e. The zero-order chi connectivity index (χ0) is 10.9. The van der Waals surface area contributed by atoms with Crippen molar-refractivity contribution >= 4 is 0 Å². The number of rotatable bonds is 1. The van der Waals surface area contributed by atoms with Crippen LogP contribution in [0.5, 0.6) is 0 Å². The van der Waals surface area contributed by atoms with Gasteiger partial charge in [0, 0.05) is 0 Å². The molecular weight excluding hydrogens is 191 g/mol. The lowest BCUT2D eigenvalue weighted by Gasteiger charge is -2.36. The van der Waals surface area contributed by atoms with E-state index in [1.54, 1.807) is 0 Å². The summed E-state index contributed by atoms with van der Waals surface area (Å²) in [5, 5.41) is 9.47. The summed E-state index contributed by atoms with van der Waals surface area (Å²) < 4.78 is 12.8. The Bertz CT molecular complexity index is 323. The zero-order valence-corrected chi connectivity index (χ0v) is 9.04. The largest absolute Gasteiger partial charge is 0.393 e. The normalized spacial score (nSPS) is 31.5. The quantitative estimate of drug-likeness (QED) is 0.752. The lowest BCUT2D eigenvalue weighted by Crippen LogP contribution is -2.30. The standard InChI is InChI=1S/C13H17FO/c1-13(8-6-12(15)7-9-13)10-2-4-11(14)5-3-10/h2-5,12,15H,6-9H2,1H3. The molecule has 1 fully saturated rings. The maximum atomic E-state index is 12.8. The predicted molar refractivity (Wildman–Crippen MR) is 58.2 cm³/mol. The Morgan fingerprint density at radius 2 is 1.73 bits per heavy atom. The second-order valence-corrected chi connectivity index (χ2v) is 4.80. The van der Waals surface area contributed by atoms with Crippen LogP contribution in [0.4, 0.5) is 4.39 Å². The molecule has 0 atom stereocenters. The van der Waals surface area contributed by atoms with Crippen molar-refractivity contribution in [1.82, 2.24) is 0 Å². The van der Waals surface area contributed by atoms with E-state index in [2.05, 4.69) is 6.92 Å². The second-order valence-electron chi connectivity index (χ2n) is 4.80. The van der Waals surface area contributed by atoms with Gasteiger partial charge in [-0.2, -0.15) is 0 Å². The number of hydrogen-bond donors (Lipinski definition) is 1. The van der Waals surface area contributed by atoms with E-state index in [9.17, 15) is 9.50 Å². The minimum Gasteiger partial charge on any atom is -0.393 e. The van der Waals surface area contributed by atoms with Gasteiger partial charge in [0.25, 0.3) is 0 Å². The van der Waals surface area contributed by atoms with Gasteiger partial charge in [-0.1, -0.05) is 19.1 Å². The topological polar surface area (TPSA) is 20.2 Å². The van der Waals surface area contributed by atoms with Gasteiger partial charge in [-0.25, -0.2) is 4.39 Å². The fraction of sp³-hybridized carbons (Fsp3) is 0.538. The highest BCUT2D eigenvalue weighted by molar-refractivity contribution is 5.25. The third kappa shape index (κ3) is 2.20. The Morgan fingerprint density at radius 1 is 1.20 bits per heavy atom. The van der Waals surface area contributed by atoms with E-state index in [1.165, 1.54) is 17.7 Å². The van der Waals surface area contributed by atoms with Crippen LogP contribution in [0.25, 0.3) is 0 Å². The van der Waals surface area contributed by atoms with E-state index < -0.39 is 0 Å². The highest BCUT2D eigenvalue weighted by atomic mass is 19.1. The van der Waals surface area contributed by atoms with Crippen LogP contribution in [0.15, 0.2) is 24.3 Å². The Kier molecular flexibility index (Phi) is 2.79. The van der Waals surface area contributed by atoms with Crippen molar-refractivity contribution in [2.75, 3.05) is 0 Å². The molecule has 0 unspecified atom stereocenters. The minimum absolute atomic E-state index is 0.118. The second kappa shape index (κ2) is 3.93. The highest BCUT2D eigenvalue weighted by Gasteiger charge is 2.31. The third-order valence-corrected chi connectivity index (χ3v) is 3.60. The fourth-order valence-corrected chi connectivity index (χ4v) is 2.38. The Labute approximate surface area is 89.9 Å². The minimum atomic E-state index is -0.182. The van der Waals surface area contributed by atoms with Crippen LogP contribution in [0.1, 0.15) is 38.2 Å². The number of aliphatic hydroxyl groups excluding tert-OH is 1. The SMILES string of the molecule is CC1(c2ccc(F)cc2)CCC(O)CC1. The first-order chi connectivity index (χ1) is 7.10. The van der Waals surface area contributed by atoms with Crippen LogP contribution in [0.3, 0.4) is 0 Å². The first-order valence-corrected chi connectivity index (χ1v) is 5.54. The Balaban J connectivity index is 2.18. The predicted octanol–water partition coefficient (Wildman–Crippen LogP) is 3.02. The average molecular weight is 208 g/mol. The molecule has 0 aliphatic heterocycles. The van der Waals surface area contributed by atoms with Gasteiger partial charge in [-0.15, -0.1) is 0 Å². The van der Waals surface area contributed by atoms with Crippen LogP contribution in [0, 0.1) is 5.82 Å². The molecule has 0 heterocycles. The van der Waals surface area contributed by atoms with Gasteiger partial charge in [0.1, 0.15) is 5.82 Å². The lowest BCUT2D eigenvalue weighted by atomic mass is 9.70. The Hall–Kier alpha value is -0.890. The smallest absolute Gasteiger partial charge is 0.123 e. The monoisotopic (exact) mass is 208 g/mol.